The van der Waals surface area contributed by atoms with E-state index in [4.69, 9.17) is 9.47 Å². The van der Waals surface area contributed by atoms with E-state index >= 15 is 0 Å². The third-order valence-electron chi connectivity index (χ3n) is 4.63. The third-order valence-corrected chi connectivity index (χ3v) is 4.63. The Hall–Kier alpha value is -2.07. The van der Waals surface area contributed by atoms with Crippen molar-refractivity contribution in [3.05, 3.63) is 58.9 Å². The smallest absolute Gasteiger partial charge is 0.191 e. The fourth-order valence-electron chi connectivity index (χ4n) is 3.04. The van der Waals surface area contributed by atoms with Crippen molar-refractivity contribution >= 4 is 29.9 Å². The van der Waals surface area contributed by atoms with Crippen LogP contribution in [0.1, 0.15) is 30.0 Å². The average Bonchev–Trinajstić information content (AvgIpc) is 3.21. The van der Waals surface area contributed by atoms with Crippen LogP contribution in [0.5, 0.6) is 11.5 Å². The maximum absolute atomic E-state index is 13.5. The van der Waals surface area contributed by atoms with Gasteiger partial charge in [-0.2, -0.15) is 0 Å². The summed E-state index contributed by atoms with van der Waals surface area (Å²) in [7, 11) is 0. The molecule has 2 aromatic carbocycles. The number of guanidine groups is 1. The molecule has 1 aliphatic rings. The number of phenolic OH excluding ortho intramolecular Hbond substituents is 1. The summed E-state index contributed by atoms with van der Waals surface area (Å²) in [4.78, 5) is 4.51. The van der Waals surface area contributed by atoms with Crippen molar-refractivity contribution < 1.29 is 19.0 Å². The molecule has 0 aliphatic carbocycles. The van der Waals surface area contributed by atoms with Crippen LogP contribution in [0.3, 0.4) is 0 Å². The number of nitrogens with zero attached hydrogens (tertiary/aromatic N) is 1. The first kappa shape index (κ1) is 24.2. The lowest BCUT2D eigenvalue weighted by molar-refractivity contribution is 0.140. The molecule has 1 unspecified atom stereocenters. The highest BCUT2D eigenvalue weighted by Gasteiger charge is 2.18. The molecule has 2 aromatic rings. The third kappa shape index (κ3) is 7.02. The van der Waals surface area contributed by atoms with Gasteiger partial charge in [-0.15, -0.1) is 24.0 Å². The van der Waals surface area contributed by atoms with Gasteiger partial charge in [-0.1, -0.05) is 18.2 Å². The number of halogens is 2. The Balaban J connectivity index is 0.00000320. The zero-order valence-corrected chi connectivity index (χ0v) is 19.6. The lowest BCUT2D eigenvalue weighted by Gasteiger charge is -2.18. The van der Waals surface area contributed by atoms with Gasteiger partial charge in [0.25, 0.3) is 0 Å². The van der Waals surface area contributed by atoms with E-state index in [0.29, 0.717) is 37.8 Å². The van der Waals surface area contributed by atoms with Gasteiger partial charge in [0.15, 0.2) is 17.5 Å². The van der Waals surface area contributed by atoms with Gasteiger partial charge in [0.2, 0.25) is 0 Å². The Bertz CT molecular complexity index is 858. The second-order valence-electron chi connectivity index (χ2n) is 7.05. The number of benzene rings is 2. The summed E-state index contributed by atoms with van der Waals surface area (Å²) in [5, 5.41) is 15.8. The Morgan fingerprint density at radius 3 is 2.80 bits per heavy atom. The number of ether oxygens (including phenoxy) is 2. The molecular weight excluding hydrogens is 500 g/mol. The molecule has 1 aliphatic heterocycles. The predicted octanol–water partition coefficient (Wildman–Crippen LogP) is 3.88. The molecule has 1 atom stereocenters. The molecule has 0 bridgehead atoms. The van der Waals surface area contributed by atoms with E-state index in [1.165, 1.54) is 12.1 Å². The highest BCUT2D eigenvalue weighted by Crippen LogP contribution is 2.24. The normalized spacial score (nSPS) is 16.1. The van der Waals surface area contributed by atoms with Crippen molar-refractivity contribution in [3.8, 4) is 11.5 Å². The molecular formula is C22H29FIN3O3. The number of nitrogens with one attached hydrogen (secondary N) is 2. The lowest BCUT2D eigenvalue weighted by Crippen LogP contribution is -2.37. The van der Waals surface area contributed by atoms with Crippen molar-refractivity contribution in [3.63, 3.8) is 0 Å². The van der Waals surface area contributed by atoms with Crippen LogP contribution < -0.4 is 15.4 Å². The summed E-state index contributed by atoms with van der Waals surface area (Å²) in [6, 6.07) is 10.4. The van der Waals surface area contributed by atoms with Crippen LogP contribution in [0.2, 0.25) is 0 Å². The SMILES string of the molecule is CCNC(=NCc1ccc(O)c(F)c1)NCc1ccc(C)cc1OC1CCOC1.I. The van der Waals surface area contributed by atoms with Crippen LogP contribution in [0.4, 0.5) is 4.39 Å². The average molecular weight is 529 g/mol. The standard InChI is InChI=1S/C22H28FN3O3.HI/c1-3-24-22(25-12-16-5-7-20(27)19(23)11-16)26-13-17-6-4-15(2)10-21(17)29-18-8-9-28-14-18;/h4-7,10-11,18,27H,3,8-9,12-14H2,1-2H3,(H2,24,25,26);1H. The molecule has 1 saturated heterocycles. The molecule has 0 aromatic heterocycles. The van der Waals surface area contributed by atoms with Gasteiger partial charge in [-0.05, 0) is 43.2 Å². The minimum atomic E-state index is -0.645. The molecule has 0 saturated carbocycles. The van der Waals surface area contributed by atoms with E-state index in [1.54, 1.807) is 6.07 Å². The molecule has 0 amide bonds. The quantitative estimate of drug-likeness (QED) is 0.289. The van der Waals surface area contributed by atoms with E-state index in [9.17, 15) is 9.50 Å². The van der Waals surface area contributed by atoms with Crippen LogP contribution in [0.25, 0.3) is 0 Å². The van der Waals surface area contributed by atoms with Crippen LogP contribution in [-0.2, 0) is 17.8 Å². The number of aryl methyl sites for hydroxylation is 1. The number of hydrogen-bond acceptors (Lipinski definition) is 4. The van der Waals surface area contributed by atoms with E-state index in [-0.39, 0.29) is 35.8 Å². The first-order chi connectivity index (χ1) is 14.0. The molecule has 0 spiro atoms. The molecule has 0 radical (unpaired) electrons. The number of hydrogen-bond donors (Lipinski definition) is 3. The second-order valence-corrected chi connectivity index (χ2v) is 7.05. The van der Waals surface area contributed by atoms with E-state index in [1.807, 2.05) is 26.0 Å². The molecule has 30 heavy (non-hydrogen) atoms. The summed E-state index contributed by atoms with van der Waals surface area (Å²) in [5.41, 5.74) is 2.85. The van der Waals surface area contributed by atoms with Gasteiger partial charge in [0.1, 0.15) is 11.9 Å². The summed E-state index contributed by atoms with van der Waals surface area (Å²) in [6.07, 6.45) is 0.982. The number of rotatable bonds is 7. The van der Waals surface area contributed by atoms with E-state index < -0.39 is 5.82 Å². The largest absolute Gasteiger partial charge is 0.505 e. The van der Waals surface area contributed by atoms with Gasteiger partial charge in [0.05, 0.1) is 19.8 Å². The summed E-state index contributed by atoms with van der Waals surface area (Å²) in [6.45, 7) is 6.91. The fourth-order valence-corrected chi connectivity index (χ4v) is 3.04. The van der Waals surface area contributed by atoms with Crippen LogP contribution in [-0.4, -0.2) is 36.9 Å². The van der Waals surface area contributed by atoms with Crippen molar-refractivity contribution in [2.24, 2.45) is 4.99 Å². The van der Waals surface area contributed by atoms with Crippen molar-refractivity contribution in [2.45, 2.75) is 39.5 Å². The molecule has 1 heterocycles. The van der Waals surface area contributed by atoms with Crippen molar-refractivity contribution in [1.29, 1.82) is 0 Å². The summed E-state index contributed by atoms with van der Waals surface area (Å²) >= 11 is 0. The van der Waals surface area contributed by atoms with Crippen molar-refractivity contribution in [1.82, 2.24) is 10.6 Å². The van der Waals surface area contributed by atoms with Gasteiger partial charge in [0, 0.05) is 25.1 Å². The Morgan fingerprint density at radius 2 is 2.10 bits per heavy atom. The van der Waals surface area contributed by atoms with E-state index in [0.717, 1.165) is 29.9 Å². The molecule has 3 N–H and O–H groups in total. The van der Waals surface area contributed by atoms with Crippen molar-refractivity contribution in [2.75, 3.05) is 19.8 Å². The zero-order valence-electron chi connectivity index (χ0n) is 17.3. The van der Waals surface area contributed by atoms with Gasteiger partial charge >= 0.3 is 0 Å². The Labute approximate surface area is 193 Å². The predicted molar refractivity (Wildman–Crippen MR) is 126 cm³/mol. The second kappa shape index (κ2) is 11.9. The summed E-state index contributed by atoms with van der Waals surface area (Å²) in [5.74, 6) is 0.469. The van der Waals surface area contributed by atoms with E-state index in [2.05, 4.69) is 21.7 Å². The molecule has 3 rings (SSSR count). The lowest BCUT2D eigenvalue weighted by atomic mass is 10.1. The first-order valence-electron chi connectivity index (χ1n) is 9.88. The monoisotopic (exact) mass is 529 g/mol. The molecule has 6 nitrogen and oxygen atoms in total. The minimum absolute atomic E-state index is 0. The Morgan fingerprint density at radius 1 is 1.27 bits per heavy atom. The molecule has 8 heteroatoms. The van der Waals surface area contributed by atoms with Gasteiger partial charge < -0.3 is 25.2 Å². The maximum Gasteiger partial charge on any atom is 0.191 e. The fraction of sp³-hybridized carbons (Fsp3) is 0.409. The van der Waals surface area contributed by atoms with Crippen LogP contribution in [0, 0.1) is 12.7 Å². The number of aromatic hydroxyl groups is 1. The number of aliphatic imine (C=N–C) groups is 1. The minimum Gasteiger partial charge on any atom is -0.505 e. The maximum atomic E-state index is 13.5. The highest BCUT2D eigenvalue weighted by molar-refractivity contribution is 14.0. The van der Waals surface area contributed by atoms with Crippen LogP contribution >= 0.6 is 24.0 Å². The molecule has 164 valence electrons. The number of phenols is 1. The highest BCUT2D eigenvalue weighted by atomic mass is 127. The Kier molecular flexibility index (Phi) is 9.64. The van der Waals surface area contributed by atoms with Gasteiger partial charge in [-0.25, -0.2) is 9.38 Å². The first-order valence-corrected chi connectivity index (χ1v) is 9.88. The van der Waals surface area contributed by atoms with Crippen LogP contribution in [0.15, 0.2) is 41.4 Å². The van der Waals surface area contributed by atoms with Gasteiger partial charge in [-0.3, -0.25) is 0 Å². The topological polar surface area (TPSA) is 75.1 Å². The zero-order chi connectivity index (χ0) is 20.6. The molecule has 1 fully saturated rings. The summed E-state index contributed by atoms with van der Waals surface area (Å²) < 4.78 is 25.1.